The smallest absolute Gasteiger partial charge is 0.410 e. The number of carboxylic acids is 1. The van der Waals surface area contributed by atoms with Gasteiger partial charge < -0.3 is 19.5 Å². The summed E-state index contributed by atoms with van der Waals surface area (Å²) in [4.78, 5) is 29.8. The van der Waals surface area contributed by atoms with E-state index in [2.05, 4.69) is 4.98 Å². The third-order valence-electron chi connectivity index (χ3n) is 4.38. The lowest BCUT2D eigenvalue weighted by Crippen LogP contribution is -2.48. The molecule has 1 aliphatic rings. The van der Waals surface area contributed by atoms with Gasteiger partial charge in [0, 0.05) is 25.4 Å². The fourth-order valence-electron chi connectivity index (χ4n) is 2.94. The lowest BCUT2D eigenvalue weighted by molar-refractivity contribution is -0.152. The summed E-state index contributed by atoms with van der Waals surface area (Å²) in [5, 5.41) is 9.78. The molecular weight excluding hydrogens is 324 g/mol. The number of carboxylic acid groups (broad SMARTS) is 1. The molecule has 0 atom stereocenters. The minimum absolute atomic E-state index is 0.366. The number of ether oxygens (including phenoxy) is 2. The van der Waals surface area contributed by atoms with Gasteiger partial charge in [0.2, 0.25) is 5.88 Å². The summed E-state index contributed by atoms with van der Waals surface area (Å²) in [6, 6.07) is 3.55. The first kappa shape index (κ1) is 19.0. The molecule has 0 aliphatic carbocycles. The average molecular weight is 350 g/mol. The first-order valence-corrected chi connectivity index (χ1v) is 8.35. The van der Waals surface area contributed by atoms with Crippen molar-refractivity contribution in [2.75, 3.05) is 20.2 Å². The minimum Gasteiger partial charge on any atom is -0.481 e. The van der Waals surface area contributed by atoms with Crippen LogP contribution >= 0.6 is 0 Å². The number of amides is 1. The maximum absolute atomic E-state index is 12.2. The van der Waals surface area contributed by atoms with E-state index in [4.69, 9.17) is 9.47 Å². The van der Waals surface area contributed by atoms with E-state index in [1.165, 1.54) is 7.11 Å². The zero-order valence-corrected chi connectivity index (χ0v) is 15.2. The van der Waals surface area contributed by atoms with Crippen LogP contribution in [0.3, 0.4) is 0 Å². The highest BCUT2D eigenvalue weighted by Crippen LogP contribution is 2.36. The number of pyridine rings is 1. The highest BCUT2D eigenvalue weighted by Gasteiger charge is 2.43. The summed E-state index contributed by atoms with van der Waals surface area (Å²) in [5.41, 5.74) is -0.615. The van der Waals surface area contributed by atoms with Crippen molar-refractivity contribution < 1.29 is 24.2 Å². The van der Waals surface area contributed by atoms with Crippen molar-refractivity contribution in [1.82, 2.24) is 9.88 Å². The Bertz CT molecular complexity index is 613. The molecule has 1 saturated heterocycles. The third-order valence-corrected chi connectivity index (χ3v) is 4.38. The van der Waals surface area contributed by atoms with Crippen LogP contribution < -0.4 is 4.74 Å². The predicted octanol–water partition coefficient (Wildman–Crippen LogP) is 2.73. The molecule has 1 aromatic rings. The molecule has 2 heterocycles. The molecule has 7 heteroatoms. The van der Waals surface area contributed by atoms with Crippen LogP contribution in [0.25, 0.3) is 0 Å². The topological polar surface area (TPSA) is 89.0 Å². The van der Waals surface area contributed by atoms with Crippen molar-refractivity contribution >= 4 is 12.1 Å². The summed E-state index contributed by atoms with van der Waals surface area (Å²) in [6.07, 6.45) is 2.39. The molecule has 0 bridgehead atoms. The van der Waals surface area contributed by atoms with Gasteiger partial charge in [-0.05, 0) is 45.6 Å². The van der Waals surface area contributed by atoms with E-state index >= 15 is 0 Å². The number of hydrogen-bond acceptors (Lipinski definition) is 5. The number of aromatic nitrogens is 1. The van der Waals surface area contributed by atoms with Gasteiger partial charge in [-0.15, -0.1) is 0 Å². The van der Waals surface area contributed by atoms with Gasteiger partial charge in [0.05, 0.1) is 12.5 Å². The molecule has 0 saturated carbocycles. The predicted molar refractivity (Wildman–Crippen MR) is 91.6 cm³/mol. The molecule has 1 aliphatic heterocycles. The standard InChI is InChI=1S/C18H26N2O5/c1-17(2,3)25-16(23)20-9-7-18(8-10-20,15(21)22)11-13-5-6-14(24-4)19-12-13/h5-6,12H,7-11H2,1-4H3,(H,21,22). The molecule has 7 nitrogen and oxygen atoms in total. The van der Waals surface area contributed by atoms with Gasteiger partial charge in [-0.3, -0.25) is 4.79 Å². The number of nitrogens with zero attached hydrogens (tertiary/aromatic N) is 2. The van der Waals surface area contributed by atoms with E-state index in [0.29, 0.717) is 38.2 Å². The number of piperidine rings is 1. The Morgan fingerprint density at radius 3 is 2.36 bits per heavy atom. The van der Waals surface area contributed by atoms with Crippen molar-refractivity contribution in [3.8, 4) is 5.88 Å². The van der Waals surface area contributed by atoms with Crippen LogP contribution in [0.1, 0.15) is 39.2 Å². The Kier molecular flexibility index (Phi) is 5.55. The van der Waals surface area contributed by atoms with Crippen LogP contribution in [0.2, 0.25) is 0 Å². The molecule has 138 valence electrons. The molecule has 1 aromatic heterocycles. The minimum atomic E-state index is -0.894. The molecule has 1 amide bonds. The summed E-state index contributed by atoms with van der Waals surface area (Å²) >= 11 is 0. The van der Waals surface area contributed by atoms with Gasteiger partial charge in [-0.25, -0.2) is 9.78 Å². The molecule has 0 unspecified atom stereocenters. The Labute approximate surface area is 147 Å². The zero-order chi connectivity index (χ0) is 18.7. The van der Waals surface area contributed by atoms with Crippen LogP contribution in [0, 0.1) is 5.41 Å². The quantitative estimate of drug-likeness (QED) is 0.898. The number of aliphatic carboxylic acids is 1. The second-order valence-electron chi connectivity index (χ2n) is 7.44. The fraction of sp³-hybridized carbons (Fsp3) is 0.611. The normalized spacial score (nSPS) is 17.0. The van der Waals surface area contributed by atoms with E-state index in [1.54, 1.807) is 17.2 Å². The molecule has 1 N–H and O–H groups in total. The zero-order valence-electron chi connectivity index (χ0n) is 15.2. The first-order chi connectivity index (χ1) is 11.6. The van der Waals surface area contributed by atoms with Crippen molar-refractivity contribution in [3.63, 3.8) is 0 Å². The number of rotatable bonds is 4. The van der Waals surface area contributed by atoms with Crippen molar-refractivity contribution in [1.29, 1.82) is 0 Å². The van der Waals surface area contributed by atoms with Gasteiger partial charge in [-0.1, -0.05) is 6.07 Å². The van der Waals surface area contributed by atoms with Crippen LogP contribution in [-0.4, -0.2) is 52.9 Å². The second-order valence-corrected chi connectivity index (χ2v) is 7.44. The van der Waals surface area contributed by atoms with Crippen LogP contribution in [0.15, 0.2) is 18.3 Å². The molecule has 1 fully saturated rings. The first-order valence-electron chi connectivity index (χ1n) is 8.35. The molecular formula is C18H26N2O5. The van der Waals surface area contributed by atoms with Crippen LogP contribution in [0.4, 0.5) is 4.79 Å². The summed E-state index contributed by atoms with van der Waals surface area (Å²) < 4.78 is 10.4. The summed E-state index contributed by atoms with van der Waals surface area (Å²) in [6.45, 7) is 6.17. The maximum Gasteiger partial charge on any atom is 0.410 e. The van der Waals surface area contributed by atoms with Gasteiger partial charge in [0.1, 0.15) is 5.60 Å². The Morgan fingerprint density at radius 2 is 1.92 bits per heavy atom. The lowest BCUT2D eigenvalue weighted by atomic mass is 9.74. The molecule has 0 spiro atoms. The van der Waals surface area contributed by atoms with Crippen LogP contribution in [0.5, 0.6) is 5.88 Å². The van der Waals surface area contributed by atoms with E-state index < -0.39 is 23.1 Å². The highest BCUT2D eigenvalue weighted by atomic mass is 16.6. The van der Waals surface area contributed by atoms with Gasteiger partial charge in [0.15, 0.2) is 0 Å². The van der Waals surface area contributed by atoms with E-state index in [9.17, 15) is 14.7 Å². The third kappa shape index (κ3) is 4.84. The SMILES string of the molecule is COc1ccc(CC2(C(=O)O)CCN(C(=O)OC(C)(C)C)CC2)cn1. The van der Waals surface area contributed by atoms with Crippen molar-refractivity contribution in [2.24, 2.45) is 5.41 Å². The van der Waals surface area contributed by atoms with Crippen molar-refractivity contribution in [3.05, 3.63) is 23.9 Å². The van der Waals surface area contributed by atoms with Gasteiger partial charge >= 0.3 is 12.1 Å². The van der Waals surface area contributed by atoms with E-state index in [-0.39, 0.29) is 0 Å². The number of likely N-dealkylation sites (tertiary alicyclic amines) is 1. The maximum atomic E-state index is 12.2. The number of methoxy groups -OCH3 is 1. The van der Waals surface area contributed by atoms with Gasteiger partial charge in [-0.2, -0.15) is 0 Å². The van der Waals surface area contributed by atoms with Gasteiger partial charge in [0.25, 0.3) is 0 Å². The lowest BCUT2D eigenvalue weighted by Gasteiger charge is -2.39. The number of carbonyl (C=O) groups excluding carboxylic acids is 1. The van der Waals surface area contributed by atoms with E-state index in [1.807, 2.05) is 26.8 Å². The number of carbonyl (C=O) groups is 2. The summed E-state index contributed by atoms with van der Waals surface area (Å²) in [5.74, 6) is -0.347. The van der Waals surface area contributed by atoms with Crippen molar-refractivity contribution in [2.45, 2.75) is 45.6 Å². The number of hydrogen-bond donors (Lipinski definition) is 1. The second kappa shape index (κ2) is 7.29. The molecule has 0 aromatic carbocycles. The fourth-order valence-corrected chi connectivity index (χ4v) is 2.94. The highest BCUT2D eigenvalue weighted by molar-refractivity contribution is 5.76. The Balaban J connectivity index is 2.05. The summed E-state index contributed by atoms with van der Waals surface area (Å²) in [7, 11) is 1.53. The molecule has 2 rings (SSSR count). The monoisotopic (exact) mass is 350 g/mol. The Hall–Kier alpha value is -2.31. The van der Waals surface area contributed by atoms with Crippen LogP contribution in [-0.2, 0) is 16.0 Å². The van der Waals surface area contributed by atoms with E-state index in [0.717, 1.165) is 5.56 Å². The largest absolute Gasteiger partial charge is 0.481 e. The molecule has 0 radical (unpaired) electrons. The Morgan fingerprint density at radius 1 is 1.28 bits per heavy atom. The molecule has 25 heavy (non-hydrogen) atoms. The average Bonchev–Trinajstić information content (AvgIpc) is 2.54.